The molecule has 4 heterocycles. The number of nitrogens with zero attached hydrogens (tertiary/aromatic N) is 3. The third-order valence-corrected chi connectivity index (χ3v) is 8.63. The van der Waals surface area contributed by atoms with Crippen LogP contribution in [0.3, 0.4) is 0 Å². The number of hydrogen-bond donors (Lipinski definition) is 3. The molecule has 1 aromatic rings. The van der Waals surface area contributed by atoms with Crippen LogP contribution in [0.15, 0.2) is 18.5 Å². The lowest BCUT2D eigenvalue weighted by Gasteiger charge is -2.54. The molecule has 3 amide bonds. The van der Waals surface area contributed by atoms with Gasteiger partial charge in [0, 0.05) is 37.3 Å². The van der Waals surface area contributed by atoms with Crippen LogP contribution in [0.25, 0.3) is 0 Å². The molecule has 1 aromatic heterocycles. The molecule has 2 bridgehead atoms. The van der Waals surface area contributed by atoms with Gasteiger partial charge in [-0.1, -0.05) is 12.8 Å². The van der Waals surface area contributed by atoms with Gasteiger partial charge in [-0.2, -0.15) is 5.26 Å². The van der Waals surface area contributed by atoms with Crippen molar-refractivity contribution in [3.63, 3.8) is 0 Å². The molecular weight excluding hydrogens is 506 g/mol. The number of hydrogen-bond acceptors (Lipinski definition) is 6. The van der Waals surface area contributed by atoms with Crippen LogP contribution in [-0.4, -0.2) is 64.2 Å². The van der Waals surface area contributed by atoms with Crippen LogP contribution in [0, 0.1) is 36.0 Å². The molecule has 0 radical (unpaired) electrons. The maximum Gasteiger partial charge on any atom is 0.255 e. The molecule has 0 spiro atoms. The molecular formula is C28H36F2N6O3. The van der Waals surface area contributed by atoms with Gasteiger partial charge in [0.1, 0.15) is 18.1 Å². The lowest BCUT2D eigenvalue weighted by molar-refractivity contribution is -0.194. The third kappa shape index (κ3) is 5.99. The normalized spacial score (nSPS) is 29.1. The Labute approximate surface area is 227 Å². The van der Waals surface area contributed by atoms with E-state index in [1.54, 1.807) is 12.4 Å². The summed E-state index contributed by atoms with van der Waals surface area (Å²) in [5.74, 6) is -5.77. The molecule has 3 saturated heterocycles. The van der Waals surface area contributed by atoms with Crippen molar-refractivity contribution in [1.82, 2.24) is 20.5 Å². The van der Waals surface area contributed by atoms with Crippen LogP contribution in [-0.2, 0) is 14.4 Å². The maximum absolute atomic E-state index is 15.1. The van der Waals surface area contributed by atoms with Crippen molar-refractivity contribution in [2.45, 2.75) is 94.8 Å². The molecule has 5 fully saturated rings. The number of carbonyl (C=O) groups is 3. The summed E-state index contributed by atoms with van der Waals surface area (Å²) >= 11 is 0. The Morgan fingerprint density at radius 2 is 2.03 bits per heavy atom. The number of amides is 3. The van der Waals surface area contributed by atoms with Gasteiger partial charge in [0.25, 0.3) is 5.92 Å². The first kappa shape index (κ1) is 27.3. The van der Waals surface area contributed by atoms with Crippen molar-refractivity contribution in [2.75, 3.05) is 11.9 Å². The van der Waals surface area contributed by atoms with Crippen molar-refractivity contribution in [3.05, 3.63) is 24.0 Å². The van der Waals surface area contributed by atoms with Crippen LogP contribution in [0.1, 0.15) is 63.4 Å². The highest BCUT2D eigenvalue weighted by molar-refractivity contribution is 5.92. The van der Waals surface area contributed by atoms with Gasteiger partial charge < -0.3 is 20.9 Å². The SMILES string of the molecule is Cc1cncc(N[C@@H](CC2CC2)C(=O)N2[C@H]3CC[C@@H]([C@@H]2C(=O)N[C@H](C#N)C[C@H]2CCCNC2=O)C(F)(F)C3)c1. The summed E-state index contributed by atoms with van der Waals surface area (Å²) in [6.45, 7) is 2.47. The summed E-state index contributed by atoms with van der Waals surface area (Å²) in [5.41, 5.74) is 1.58. The lowest BCUT2D eigenvalue weighted by atomic mass is 9.71. The maximum atomic E-state index is 15.1. The van der Waals surface area contributed by atoms with Crippen molar-refractivity contribution in [1.29, 1.82) is 5.26 Å². The number of fused-ring (bicyclic) bond motifs is 3. The van der Waals surface area contributed by atoms with Gasteiger partial charge in [0.05, 0.1) is 17.7 Å². The van der Waals surface area contributed by atoms with Crippen LogP contribution in [0.2, 0.25) is 0 Å². The van der Waals surface area contributed by atoms with Crippen molar-refractivity contribution < 1.29 is 23.2 Å². The minimum atomic E-state index is -3.09. The number of aryl methyl sites for hydroxylation is 1. The molecule has 9 nitrogen and oxygen atoms in total. The Balaban J connectivity index is 1.38. The summed E-state index contributed by atoms with van der Waals surface area (Å²) in [6.07, 6.45) is 7.42. The first-order chi connectivity index (χ1) is 18.7. The first-order valence-corrected chi connectivity index (χ1v) is 14.0. The van der Waals surface area contributed by atoms with Crippen LogP contribution < -0.4 is 16.0 Å². The van der Waals surface area contributed by atoms with E-state index in [0.717, 1.165) is 24.8 Å². The quantitative estimate of drug-likeness (QED) is 0.440. The highest BCUT2D eigenvalue weighted by atomic mass is 19.3. The molecule has 210 valence electrons. The second kappa shape index (κ2) is 11.1. The summed E-state index contributed by atoms with van der Waals surface area (Å²) in [5, 5.41) is 18.4. The molecule has 11 heteroatoms. The fourth-order valence-electron chi connectivity index (χ4n) is 6.49. The molecule has 6 atom stereocenters. The number of halogens is 2. The molecule has 0 unspecified atom stereocenters. The van der Waals surface area contributed by atoms with Crippen molar-refractivity contribution in [3.8, 4) is 6.07 Å². The van der Waals surface area contributed by atoms with Crippen LogP contribution in [0.5, 0.6) is 0 Å². The summed E-state index contributed by atoms with van der Waals surface area (Å²) in [7, 11) is 0. The molecule has 6 rings (SSSR count). The van der Waals surface area contributed by atoms with E-state index in [4.69, 9.17) is 0 Å². The van der Waals surface area contributed by atoms with E-state index in [-0.39, 0.29) is 24.7 Å². The predicted molar refractivity (Wildman–Crippen MR) is 138 cm³/mol. The fraction of sp³-hybridized carbons (Fsp3) is 0.679. The fourth-order valence-corrected chi connectivity index (χ4v) is 6.49. The Hall–Kier alpha value is -3.29. The monoisotopic (exact) mass is 542 g/mol. The minimum Gasteiger partial charge on any atom is -0.372 e. The van der Waals surface area contributed by atoms with E-state index in [0.29, 0.717) is 37.4 Å². The first-order valence-electron chi connectivity index (χ1n) is 14.0. The second-order valence-electron chi connectivity index (χ2n) is 11.7. The van der Waals surface area contributed by atoms with Crippen LogP contribution in [0.4, 0.5) is 14.5 Å². The summed E-state index contributed by atoms with van der Waals surface area (Å²) in [6, 6.07) is 0.0543. The van der Waals surface area contributed by atoms with Gasteiger partial charge >= 0.3 is 0 Å². The minimum absolute atomic E-state index is 0.103. The molecule has 3 N–H and O–H groups in total. The Morgan fingerprint density at radius 3 is 2.69 bits per heavy atom. The van der Waals surface area contributed by atoms with E-state index >= 15 is 8.78 Å². The van der Waals surface area contributed by atoms with Crippen LogP contribution >= 0.6 is 0 Å². The standard InChI is InChI=1S/C28H36F2N6O3/c1-16-9-20(15-32-14-16)34-23(10-17-4-5-17)27(39)36-21-6-7-22(28(29,30)12-21)24(36)26(38)35-19(13-31)11-18-3-2-8-33-25(18)37/h9,14-15,17-19,21-24,34H,2-8,10-12H2,1H3,(H,33,37)(H,35,38)/t18-,19+,21+,22+,23+,24-/m1/s1. The molecule has 5 aliphatic rings. The average Bonchev–Trinajstić information content (AvgIpc) is 3.72. The zero-order valence-corrected chi connectivity index (χ0v) is 22.2. The Bertz CT molecular complexity index is 1150. The number of alkyl halides is 2. The summed E-state index contributed by atoms with van der Waals surface area (Å²) in [4.78, 5) is 45.5. The van der Waals surface area contributed by atoms with Gasteiger partial charge in [0.2, 0.25) is 17.7 Å². The predicted octanol–water partition coefficient (Wildman–Crippen LogP) is 2.91. The highest BCUT2D eigenvalue weighted by Crippen LogP contribution is 2.49. The number of nitrogens with one attached hydrogen (secondary N) is 3. The largest absolute Gasteiger partial charge is 0.372 e. The lowest BCUT2D eigenvalue weighted by Crippen LogP contribution is -2.70. The van der Waals surface area contributed by atoms with Gasteiger partial charge in [-0.15, -0.1) is 0 Å². The van der Waals surface area contributed by atoms with Gasteiger partial charge in [-0.3, -0.25) is 19.4 Å². The molecule has 2 saturated carbocycles. The number of nitriles is 1. The zero-order valence-electron chi connectivity index (χ0n) is 22.2. The topological polar surface area (TPSA) is 127 Å². The smallest absolute Gasteiger partial charge is 0.255 e. The van der Waals surface area contributed by atoms with E-state index in [1.165, 1.54) is 4.90 Å². The van der Waals surface area contributed by atoms with E-state index in [1.807, 2.05) is 19.1 Å². The summed E-state index contributed by atoms with van der Waals surface area (Å²) < 4.78 is 30.3. The Kier molecular flexibility index (Phi) is 7.74. The number of pyridine rings is 1. The number of carbonyl (C=O) groups excluding carboxylic acids is 3. The van der Waals surface area contributed by atoms with E-state index in [2.05, 4.69) is 20.9 Å². The third-order valence-electron chi connectivity index (χ3n) is 8.63. The van der Waals surface area contributed by atoms with Gasteiger partial charge in [-0.25, -0.2) is 8.78 Å². The number of piperidine rings is 3. The molecule has 0 aromatic carbocycles. The Morgan fingerprint density at radius 1 is 1.23 bits per heavy atom. The highest BCUT2D eigenvalue weighted by Gasteiger charge is 2.61. The average molecular weight is 543 g/mol. The molecule has 2 aliphatic carbocycles. The number of rotatable bonds is 9. The second-order valence-corrected chi connectivity index (χ2v) is 11.7. The van der Waals surface area contributed by atoms with Gasteiger partial charge in [-0.05, 0) is 63.0 Å². The van der Waals surface area contributed by atoms with Crippen molar-refractivity contribution >= 4 is 23.4 Å². The number of anilines is 1. The molecule has 39 heavy (non-hydrogen) atoms. The van der Waals surface area contributed by atoms with Crippen molar-refractivity contribution in [2.24, 2.45) is 17.8 Å². The zero-order chi connectivity index (χ0) is 27.7. The van der Waals surface area contributed by atoms with E-state index in [9.17, 15) is 19.6 Å². The van der Waals surface area contributed by atoms with E-state index < -0.39 is 54.3 Å². The van der Waals surface area contributed by atoms with Gasteiger partial charge in [0.15, 0.2) is 0 Å². The number of aromatic nitrogens is 1. The molecule has 3 aliphatic heterocycles.